The number of benzene rings is 3. The minimum absolute atomic E-state index is 0.0792. The Morgan fingerprint density at radius 1 is 0.864 bits per heavy atom. The third kappa shape index (κ3) is 4.74. The summed E-state index contributed by atoms with van der Waals surface area (Å²) in [4.78, 5) is 55.8. The molecule has 1 fully saturated rings. The van der Waals surface area contributed by atoms with Crippen molar-refractivity contribution in [2.45, 2.75) is 31.9 Å². The number of Topliss-reactive ketones (excluding diaryl/α,β-unsaturated/α-hetero) is 1. The lowest BCUT2D eigenvalue weighted by molar-refractivity contribution is -0.140. The topological polar surface area (TPSA) is 101 Å². The van der Waals surface area contributed by atoms with Gasteiger partial charge in [0.2, 0.25) is 11.8 Å². The van der Waals surface area contributed by atoms with Crippen LogP contribution in [0.1, 0.15) is 35.4 Å². The van der Waals surface area contributed by atoms with Gasteiger partial charge in [-0.05, 0) is 51.9 Å². The Labute approximate surface area is 262 Å². The molecule has 0 bridgehead atoms. The molecule has 7 nitrogen and oxygen atoms in total. The maximum Gasteiger partial charge on any atom is 0.234 e. The molecular formula is C36H28BrNO6. The van der Waals surface area contributed by atoms with Gasteiger partial charge in [0.1, 0.15) is 18.1 Å². The van der Waals surface area contributed by atoms with Crippen molar-refractivity contribution >= 4 is 39.3 Å². The number of ether oxygens (including phenoxy) is 1. The van der Waals surface area contributed by atoms with E-state index in [1.54, 1.807) is 12.1 Å². The predicted octanol–water partition coefficient (Wildman–Crippen LogP) is 5.93. The van der Waals surface area contributed by atoms with Crippen LogP contribution in [-0.4, -0.2) is 33.4 Å². The highest BCUT2D eigenvalue weighted by Gasteiger charge is 2.56. The molecule has 3 aromatic carbocycles. The number of halogens is 1. The zero-order valence-electron chi connectivity index (χ0n) is 23.6. The number of phenols is 1. The molecule has 4 aliphatic rings. The quantitative estimate of drug-likeness (QED) is 0.202. The fraction of sp³-hybridized carbons (Fsp3) is 0.222. The Hall–Kier alpha value is -4.56. The van der Waals surface area contributed by atoms with Crippen LogP contribution in [0.3, 0.4) is 0 Å². The Kier molecular flexibility index (Phi) is 7.17. The maximum atomic E-state index is 13.9. The normalized spacial score (nSPS) is 24.4. The largest absolute Gasteiger partial charge is 0.507 e. The molecule has 0 radical (unpaired) electrons. The predicted molar refractivity (Wildman–Crippen MR) is 165 cm³/mol. The third-order valence-electron chi connectivity index (χ3n) is 9.17. The van der Waals surface area contributed by atoms with Crippen LogP contribution >= 0.6 is 15.9 Å². The van der Waals surface area contributed by atoms with Crippen LogP contribution in [0.15, 0.2) is 112 Å². The number of allylic oxidation sites excluding steroid dienone is 6. The molecule has 220 valence electrons. The highest BCUT2D eigenvalue weighted by atomic mass is 79.9. The van der Waals surface area contributed by atoms with Gasteiger partial charge in [-0.25, -0.2) is 0 Å². The molecule has 3 aromatic rings. The van der Waals surface area contributed by atoms with Crippen LogP contribution in [0.25, 0.3) is 0 Å². The Morgan fingerprint density at radius 2 is 1.57 bits per heavy atom. The summed E-state index contributed by atoms with van der Waals surface area (Å²) in [5.41, 5.74) is 3.70. The van der Waals surface area contributed by atoms with Gasteiger partial charge in [-0.3, -0.25) is 24.1 Å². The van der Waals surface area contributed by atoms with Crippen molar-refractivity contribution in [3.05, 3.63) is 129 Å². The van der Waals surface area contributed by atoms with Gasteiger partial charge in [0.25, 0.3) is 0 Å². The average molecular weight is 651 g/mol. The standard InChI is InChI=1S/C36H28BrNO6/c37-28-17-30(40)33-27(34(28)41)16-26-23(13-14-25-32(26)36(43)38(35(25)42)18-20-7-3-1-4-8-20)31(33)24-12-11-22(15-29(24)39)44-19-21-9-5-2-6-10-21/h1-13,15,17,25-26,31-32,39H,14,16,18-19H2. The van der Waals surface area contributed by atoms with Gasteiger partial charge >= 0.3 is 0 Å². The molecule has 0 spiro atoms. The van der Waals surface area contributed by atoms with E-state index in [1.807, 2.05) is 66.7 Å². The number of hydrogen-bond donors (Lipinski definition) is 1. The van der Waals surface area contributed by atoms with Gasteiger partial charge in [0.15, 0.2) is 11.6 Å². The van der Waals surface area contributed by atoms with E-state index in [2.05, 4.69) is 15.9 Å². The summed E-state index contributed by atoms with van der Waals surface area (Å²) >= 11 is 3.25. The van der Waals surface area contributed by atoms with E-state index in [0.29, 0.717) is 35.5 Å². The van der Waals surface area contributed by atoms with Crippen LogP contribution < -0.4 is 4.74 Å². The first kappa shape index (κ1) is 28.2. The molecular weight excluding hydrogens is 622 g/mol. The summed E-state index contributed by atoms with van der Waals surface area (Å²) in [6, 6.07) is 24.0. The second-order valence-corrected chi connectivity index (χ2v) is 12.5. The Morgan fingerprint density at radius 3 is 2.27 bits per heavy atom. The lowest BCUT2D eigenvalue weighted by atomic mass is 9.59. The number of rotatable bonds is 6. The monoisotopic (exact) mass is 649 g/mol. The van der Waals surface area contributed by atoms with Crippen molar-refractivity contribution < 1.29 is 29.0 Å². The number of ketones is 2. The van der Waals surface area contributed by atoms with Crippen molar-refractivity contribution in [1.29, 1.82) is 0 Å². The summed E-state index contributed by atoms with van der Waals surface area (Å²) in [5, 5.41) is 11.3. The van der Waals surface area contributed by atoms with Crippen LogP contribution in [-0.2, 0) is 32.3 Å². The fourth-order valence-corrected chi connectivity index (χ4v) is 7.59. The number of carbonyl (C=O) groups is 4. The van der Waals surface area contributed by atoms with E-state index in [4.69, 9.17) is 4.74 Å². The summed E-state index contributed by atoms with van der Waals surface area (Å²) in [5.74, 6) is -3.16. The number of likely N-dealkylation sites (tertiary alicyclic amines) is 1. The summed E-state index contributed by atoms with van der Waals surface area (Å²) in [7, 11) is 0. The van der Waals surface area contributed by atoms with E-state index in [9.17, 15) is 24.3 Å². The minimum atomic E-state index is -0.743. The first-order valence-electron chi connectivity index (χ1n) is 14.6. The minimum Gasteiger partial charge on any atom is -0.507 e. The van der Waals surface area contributed by atoms with E-state index in [-0.39, 0.29) is 46.6 Å². The third-order valence-corrected chi connectivity index (χ3v) is 9.76. The van der Waals surface area contributed by atoms with Gasteiger partial charge in [0, 0.05) is 34.8 Å². The molecule has 8 heteroatoms. The van der Waals surface area contributed by atoms with Crippen LogP contribution in [0.4, 0.5) is 0 Å². The molecule has 1 heterocycles. The molecule has 7 rings (SSSR count). The summed E-state index contributed by atoms with van der Waals surface area (Å²) in [6.07, 6.45) is 3.73. The van der Waals surface area contributed by atoms with Gasteiger partial charge in [-0.1, -0.05) is 78.4 Å². The van der Waals surface area contributed by atoms with Crippen LogP contribution in [0.5, 0.6) is 11.5 Å². The molecule has 44 heavy (non-hydrogen) atoms. The molecule has 0 aromatic heterocycles. The SMILES string of the molecule is O=C1C=C(Br)C(=O)C2=C1C(c1ccc(OCc3ccccc3)cc1O)C1=CCC3C(=O)N(Cc4ccccc4)C(=O)C3C1C2. The molecule has 4 unspecified atom stereocenters. The van der Waals surface area contributed by atoms with E-state index < -0.39 is 23.7 Å². The molecule has 1 saturated heterocycles. The van der Waals surface area contributed by atoms with E-state index >= 15 is 0 Å². The van der Waals surface area contributed by atoms with Gasteiger partial charge in [0.05, 0.1) is 22.9 Å². The Bertz CT molecular complexity index is 1810. The highest BCUT2D eigenvalue weighted by Crippen LogP contribution is 2.56. The summed E-state index contributed by atoms with van der Waals surface area (Å²) < 4.78 is 6.07. The van der Waals surface area contributed by atoms with E-state index in [0.717, 1.165) is 16.7 Å². The summed E-state index contributed by atoms with van der Waals surface area (Å²) in [6.45, 7) is 0.498. The van der Waals surface area contributed by atoms with E-state index in [1.165, 1.54) is 17.0 Å². The van der Waals surface area contributed by atoms with Crippen LogP contribution in [0, 0.1) is 17.8 Å². The first-order valence-corrected chi connectivity index (χ1v) is 15.4. The van der Waals surface area contributed by atoms with Gasteiger partial charge in [-0.2, -0.15) is 0 Å². The molecule has 1 aliphatic heterocycles. The number of imide groups is 1. The number of amides is 2. The number of aromatic hydroxyl groups is 1. The van der Waals surface area contributed by atoms with Gasteiger partial charge < -0.3 is 9.84 Å². The second kappa shape index (κ2) is 11.2. The smallest absolute Gasteiger partial charge is 0.234 e. The number of fused-ring (bicyclic) bond motifs is 3. The van der Waals surface area contributed by atoms with Crippen molar-refractivity contribution in [2.75, 3.05) is 0 Å². The van der Waals surface area contributed by atoms with Crippen LogP contribution in [0.2, 0.25) is 0 Å². The lowest BCUT2D eigenvalue weighted by Crippen LogP contribution is -2.39. The second-order valence-electron chi connectivity index (χ2n) is 11.6. The number of phenolic OH excluding ortho intramolecular Hbond substituents is 1. The van der Waals surface area contributed by atoms with Crippen molar-refractivity contribution in [2.24, 2.45) is 17.8 Å². The molecule has 3 aliphatic carbocycles. The molecule has 1 N–H and O–H groups in total. The number of nitrogens with zero attached hydrogens (tertiary/aromatic N) is 1. The fourth-order valence-electron chi connectivity index (χ4n) is 7.15. The zero-order chi connectivity index (χ0) is 30.5. The Balaban J connectivity index is 1.26. The molecule has 2 amide bonds. The van der Waals surface area contributed by atoms with Crippen molar-refractivity contribution in [3.63, 3.8) is 0 Å². The number of carbonyl (C=O) groups excluding carboxylic acids is 4. The van der Waals surface area contributed by atoms with Crippen molar-refractivity contribution in [1.82, 2.24) is 4.90 Å². The van der Waals surface area contributed by atoms with Crippen molar-refractivity contribution in [3.8, 4) is 11.5 Å². The molecule has 4 atom stereocenters. The van der Waals surface area contributed by atoms with Gasteiger partial charge in [-0.15, -0.1) is 0 Å². The number of hydrogen-bond acceptors (Lipinski definition) is 6. The molecule has 0 saturated carbocycles. The average Bonchev–Trinajstić information content (AvgIpc) is 3.28. The highest BCUT2D eigenvalue weighted by molar-refractivity contribution is 9.12. The first-order chi connectivity index (χ1) is 21.3. The lowest BCUT2D eigenvalue weighted by Gasteiger charge is -2.42. The maximum absolute atomic E-state index is 13.9. The zero-order valence-corrected chi connectivity index (χ0v) is 25.2.